The quantitative estimate of drug-likeness (QED) is 0.148. The Morgan fingerprint density at radius 2 is 1.59 bits per heavy atom. The molecule has 0 aromatic carbocycles. The van der Waals surface area contributed by atoms with Crippen LogP contribution in [0.4, 0.5) is 0 Å². The first kappa shape index (κ1) is 59.7. The average molecular weight is 999 g/mol. The van der Waals surface area contributed by atoms with Crippen molar-refractivity contribution in [2.45, 2.75) is 180 Å². The maximum atomic E-state index is 14.5. The van der Waals surface area contributed by atoms with Crippen LogP contribution in [0.15, 0.2) is 47.6 Å². The van der Waals surface area contributed by atoms with Gasteiger partial charge in [0.05, 0.1) is 24.9 Å². The van der Waals surface area contributed by atoms with Gasteiger partial charge in [0.25, 0.3) is 11.7 Å². The van der Waals surface area contributed by atoms with E-state index in [2.05, 4.69) is 0 Å². The van der Waals surface area contributed by atoms with E-state index < -0.39 is 89.8 Å². The topological polar surface area (TPSA) is 205 Å². The second kappa shape index (κ2) is 28.0. The molecule has 3 aliphatic heterocycles. The van der Waals surface area contributed by atoms with Gasteiger partial charge in [-0.1, -0.05) is 71.1 Å². The number of hydrogen-bond donors (Lipinski definition) is 2. The molecular formula is C55H86N2O14. The summed E-state index contributed by atoms with van der Waals surface area (Å²) in [6.45, 7) is 12.8. The summed E-state index contributed by atoms with van der Waals surface area (Å²) < 4.78 is 35.6. The third kappa shape index (κ3) is 16.6. The van der Waals surface area contributed by atoms with Gasteiger partial charge in [-0.2, -0.15) is 0 Å². The van der Waals surface area contributed by atoms with Crippen molar-refractivity contribution in [1.29, 1.82) is 0 Å². The Labute approximate surface area is 422 Å². The number of allylic oxidation sites excluding steroid dienone is 6. The molecular weight excluding hydrogens is 913 g/mol. The number of aliphatic hydroxyl groups excluding tert-OH is 1. The summed E-state index contributed by atoms with van der Waals surface area (Å²) in [7, 11) is 8.11. The Morgan fingerprint density at radius 3 is 2.25 bits per heavy atom. The van der Waals surface area contributed by atoms with Crippen molar-refractivity contribution in [1.82, 2.24) is 9.80 Å². The molecule has 400 valence electrons. The summed E-state index contributed by atoms with van der Waals surface area (Å²) in [5, 5.41) is 23.5. The third-order valence-electron chi connectivity index (χ3n) is 15.2. The van der Waals surface area contributed by atoms with Crippen LogP contribution in [0.2, 0.25) is 0 Å². The number of ketones is 3. The van der Waals surface area contributed by atoms with Gasteiger partial charge in [0.2, 0.25) is 5.79 Å². The number of ether oxygens (including phenoxy) is 6. The van der Waals surface area contributed by atoms with Crippen LogP contribution in [0.1, 0.15) is 126 Å². The van der Waals surface area contributed by atoms with Crippen LogP contribution in [0, 0.1) is 35.5 Å². The number of rotatable bonds is 9. The zero-order chi connectivity index (χ0) is 52.7. The number of piperidine rings is 1. The SMILES string of the molecule is CO[C@H]1C[C@@H]2CC[C@@H](C)[C@@](O)(O2)C(=O)C(=O)N2CCCC[C@H]2C(=O)O[C@H]([C@H](C)C[C@@H]2CC[C@@H](OC)[C@H](OC(=O)CN(C)C)C2)CC(=O)[C@H](C)/C=C(\C)[C@@H](O)[C@@H](OC)C(=O)[C@H](C)C[C@H](C)/C=C/C=C/C=C/1C. The van der Waals surface area contributed by atoms with Gasteiger partial charge in [0, 0.05) is 58.5 Å². The molecule has 15 atom stereocenters. The molecule has 71 heavy (non-hydrogen) atoms. The smallest absolute Gasteiger partial charge is 0.329 e. The highest BCUT2D eigenvalue weighted by Crippen LogP contribution is 2.38. The van der Waals surface area contributed by atoms with Gasteiger partial charge in [-0.3, -0.25) is 28.9 Å². The van der Waals surface area contributed by atoms with Gasteiger partial charge >= 0.3 is 11.9 Å². The van der Waals surface area contributed by atoms with Crippen molar-refractivity contribution >= 4 is 35.2 Å². The lowest BCUT2D eigenvalue weighted by Gasteiger charge is -2.42. The number of carbonyl (C=O) groups excluding carboxylic acids is 6. The lowest BCUT2D eigenvalue weighted by Crippen LogP contribution is -2.61. The monoisotopic (exact) mass is 999 g/mol. The van der Waals surface area contributed by atoms with E-state index in [1.165, 1.54) is 12.0 Å². The number of Topliss-reactive ketones (excluding diaryl/α,β-unsaturated/α-hetero) is 3. The number of hydrogen-bond acceptors (Lipinski definition) is 15. The van der Waals surface area contributed by atoms with Crippen molar-refractivity contribution < 1.29 is 67.4 Å². The Bertz CT molecular complexity index is 1950. The van der Waals surface area contributed by atoms with Crippen LogP contribution >= 0.6 is 0 Å². The fourth-order valence-electron chi connectivity index (χ4n) is 10.7. The van der Waals surface area contributed by atoms with E-state index in [1.807, 2.05) is 58.1 Å². The molecule has 16 nitrogen and oxygen atoms in total. The second-order valence-corrected chi connectivity index (χ2v) is 21.3. The summed E-state index contributed by atoms with van der Waals surface area (Å²) in [4.78, 5) is 86.9. The summed E-state index contributed by atoms with van der Waals surface area (Å²) in [6, 6.07) is -1.17. The van der Waals surface area contributed by atoms with Crippen molar-refractivity contribution in [3.05, 3.63) is 47.6 Å². The minimum Gasteiger partial charge on any atom is -0.460 e. The summed E-state index contributed by atoms with van der Waals surface area (Å²) in [5.41, 5.74) is 1.24. The number of esters is 2. The average Bonchev–Trinajstić information content (AvgIpc) is 3.32. The van der Waals surface area contributed by atoms with Crippen LogP contribution in [0.5, 0.6) is 0 Å². The number of likely N-dealkylation sites (N-methyl/N-ethyl adjacent to an activating group) is 1. The van der Waals surface area contributed by atoms with Gasteiger partial charge in [-0.05, 0) is 121 Å². The number of cyclic esters (lactones) is 1. The molecule has 1 amide bonds. The number of carbonyl (C=O) groups is 6. The zero-order valence-electron chi connectivity index (χ0n) is 44.6. The van der Waals surface area contributed by atoms with Crippen LogP contribution in [-0.4, -0.2) is 158 Å². The highest BCUT2D eigenvalue weighted by Gasteiger charge is 2.53. The summed E-state index contributed by atoms with van der Waals surface area (Å²) in [6.07, 6.45) is 11.0. The molecule has 16 heteroatoms. The number of methoxy groups -OCH3 is 3. The molecule has 1 saturated carbocycles. The van der Waals surface area contributed by atoms with E-state index in [-0.39, 0.29) is 61.4 Å². The van der Waals surface area contributed by atoms with Crippen molar-refractivity contribution in [3.8, 4) is 0 Å². The highest BCUT2D eigenvalue weighted by atomic mass is 16.6. The molecule has 2 bridgehead atoms. The van der Waals surface area contributed by atoms with Crippen LogP contribution < -0.4 is 0 Å². The molecule has 1 aliphatic carbocycles. The number of aliphatic hydroxyl groups is 2. The van der Waals surface area contributed by atoms with Gasteiger partial charge < -0.3 is 43.5 Å². The van der Waals surface area contributed by atoms with Gasteiger partial charge in [-0.15, -0.1) is 0 Å². The fraction of sp³-hybridized carbons (Fsp3) is 0.745. The zero-order valence-corrected chi connectivity index (χ0v) is 44.6. The predicted octanol–water partition coefficient (Wildman–Crippen LogP) is 6.29. The largest absolute Gasteiger partial charge is 0.460 e. The van der Waals surface area contributed by atoms with Gasteiger partial charge in [0.1, 0.15) is 36.2 Å². The molecule has 0 unspecified atom stereocenters. The second-order valence-electron chi connectivity index (χ2n) is 21.3. The van der Waals surface area contributed by atoms with E-state index in [0.29, 0.717) is 63.4 Å². The van der Waals surface area contributed by atoms with Crippen LogP contribution in [0.25, 0.3) is 0 Å². The lowest BCUT2D eigenvalue weighted by atomic mass is 9.78. The fourth-order valence-corrected chi connectivity index (χ4v) is 10.7. The Kier molecular flexibility index (Phi) is 23.5. The van der Waals surface area contributed by atoms with Crippen LogP contribution in [0.3, 0.4) is 0 Å². The van der Waals surface area contributed by atoms with E-state index in [1.54, 1.807) is 60.1 Å². The molecule has 0 spiro atoms. The molecule has 2 N–H and O–H groups in total. The van der Waals surface area contributed by atoms with E-state index in [9.17, 15) is 39.0 Å². The first-order chi connectivity index (χ1) is 33.5. The first-order valence-corrected chi connectivity index (χ1v) is 25.9. The maximum absolute atomic E-state index is 14.5. The maximum Gasteiger partial charge on any atom is 0.329 e. The molecule has 2 saturated heterocycles. The van der Waals surface area contributed by atoms with Crippen LogP contribution in [-0.2, 0) is 57.2 Å². The lowest BCUT2D eigenvalue weighted by molar-refractivity contribution is -0.265. The van der Waals surface area contributed by atoms with Crippen molar-refractivity contribution in [3.63, 3.8) is 0 Å². The van der Waals surface area contributed by atoms with Crippen molar-refractivity contribution in [2.75, 3.05) is 48.5 Å². The predicted molar refractivity (Wildman–Crippen MR) is 268 cm³/mol. The number of amides is 1. The summed E-state index contributed by atoms with van der Waals surface area (Å²) >= 11 is 0. The highest BCUT2D eigenvalue weighted by molar-refractivity contribution is 6.39. The Morgan fingerprint density at radius 1 is 0.873 bits per heavy atom. The Hall–Kier alpha value is -3.90. The van der Waals surface area contributed by atoms with Gasteiger partial charge in [-0.25, -0.2) is 4.79 Å². The first-order valence-electron chi connectivity index (χ1n) is 25.9. The van der Waals surface area contributed by atoms with Crippen molar-refractivity contribution in [2.24, 2.45) is 35.5 Å². The van der Waals surface area contributed by atoms with E-state index >= 15 is 0 Å². The molecule has 3 fully saturated rings. The van der Waals surface area contributed by atoms with E-state index in [4.69, 9.17) is 28.4 Å². The minimum absolute atomic E-state index is 0.00664. The van der Waals surface area contributed by atoms with E-state index in [0.717, 1.165) is 12.0 Å². The Balaban J connectivity index is 1.71. The third-order valence-corrected chi connectivity index (χ3v) is 15.2. The number of nitrogens with zero attached hydrogens (tertiary/aromatic N) is 2. The minimum atomic E-state index is -2.45. The molecule has 4 rings (SSSR count). The summed E-state index contributed by atoms with van der Waals surface area (Å²) in [5.74, 6) is -8.68. The normalized spacial score (nSPS) is 38.0. The van der Waals surface area contributed by atoms with Gasteiger partial charge in [0.15, 0.2) is 5.78 Å². The molecule has 0 aromatic heterocycles. The molecule has 4 aliphatic rings. The molecule has 3 heterocycles. The number of fused-ring (bicyclic) bond motifs is 3. The standard InChI is InChI=1S/C55H86N2O14/c1-33-18-14-13-15-19-34(2)45(67-11)30-41-23-21-39(7)55(65,71-41)52(62)53(63)57-25-17-16-20-42(57)54(64)70-46(31-43(58)35(3)27-38(6)50(61)51(68-12)49(60)37(5)26-33)36(4)28-40-22-24-44(66-10)47(29-40)69-48(59)32-56(8)9/h13-15,18-19,27,33,35-37,39-42,44-47,50-51,61,65H,16-17,20-26,28-32H2,1-12H3/b15-13+,18-14+,34-19+,38-27+/t33-,35-,36-,37-,39-,40+,41+,42+,44-,45+,46+,47-,50-,51+,55-/m1/s1. The molecule has 0 radical (unpaired) electrons. The molecule has 0 aromatic rings.